The van der Waals surface area contributed by atoms with Crippen molar-refractivity contribution in [2.45, 2.75) is 0 Å². The zero-order valence-electron chi connectivity index (χ0n) is 7.48. The van der Waals surface area contributed by atoms with Crippen LogP contribution in [0.3, 0.4) is 0 Å². The minimum absolute atomic E-state index is 0.132. The van der Waals surface area contributed by atoms with Gasteiger partial charge in [0.05, 0.1) is 18.3 Å². The fraction of sp³-hybridized carbons (Fsp3) is 0.250. The molecule has 1 aromatic rings. The minimum Gasteiger partial charge on any atom is -0.327 e. The molecule has 1 heterocycles. The lowest BCUT2D eigenvalue weighted by Crippen LogP contribution is -2.26. The number of aromatic nitrogens is 2. The molecule has 1 aromatic heterocycles. The lowest BCUT2D eigenvalue weighted by atomic mass is 10.4. The Bertz CT molecular complexity index is 420. The van der Waals surface area contributed by atoms with Crippen LogP contribution in [0.5, 0.6) is 0 Å². The predicted molar refractivity (Wildman–Crippen MR) is 50.4 cm³/mol. The van der Waals surface area contributed by atoms with Gasteiger partial charge in [-0.25, -0.2) is 9.37 Å². The maximum atomic E-state index is 13.2. The van der Waals surface area contributed by atoms with Crippen molar-refractivity contribution in [2.75, 3.05) is 18.0 Å². The fourth-order valence-corrected chi connectivity index (χ4v) is 1.06. The van der Waals surface area contributed by atoms with Gasteiger partial charge >= 0.3 is 0 Å². The molecule has 0 fully saturated rings. The summed E-state index contributed by atoms with van der Waals surface area (Å²) in [5.74, 6) is -0.858. The van der Waals surface area contributed by atoms with Gasteiger partial charge in [-0.2, -0.15) is 15.5 Å². The van der Waals surface area contributed by atoms with Crippen molar-refractivity contribution in [1.82, 2.24) is 9.97 Å². The van der Waals surface area contributed by atoms with Gasteiger partial charge in [0.15, 0.2) is 11.6 Å². The molecule has 0 aliphatic rings. The zero-order valence-corrected chi connectivity index (χ0v) is 8.24. The number of rotatable bonds is 3. The summed E-state index contributed by atoms with van der Waals surface area (Å²) in [4.78, 5) is 8.21. The molecule has 0 saturated heterocycles. The van der Waals surface area contributed by atoms with E-state index < -0.39 is 5.82 Å². The van der Waals surface area contributed by atoms with Gasteiger partial charge in [0.2, 0.25) is 5.28 Å². The highest BCUT2D eigenvalue weighted by molar-refractivity contribution is 6.28. The second-order valence-electron chi connectivity index (χ2n) is 2.48. The molecule has 0 atom stereocenters. The van der Waals surface area contributed by atoms with Gasteiger partial charge in [0.1, 0.15) is 13.1 Å². The molecule has 0 radical (unpaired) electrons. The molecule has 0 aliphatic carbocycles. The first-order valence-corrected chi connectivity index (χ1v) is 4.23. The van der Waals surface area contributed by atoms with Gasteiger partial charge in [-0.3, -0.25) is 0 Å². The molecule has 0 unspecified atom stereocenters. The fourth-order valence-electron chi connectivity index (χ4n) is 0.935. The van der Waals surface area contributed by atoms with E-state index in [0.717, 1.165) is 6.20 Å². The lowest BCUT2D eigenvalue weighted by molar-refractivity contribution is 0.608. The normalized spacial score (nSPS) is 9.07. The van der Waals surface area contributed by atoms with E-state index in [-0.39, 0.29) is 24.2 Å². The summed E-state index contributed by atoms with van der Waals surface area (Å²) in [5, 5.41) is 16.8. The number of anilines is 1. The first kappa shape index (κ1) is 11.2. The van der Waals surface area contributed by atoms with Crippen LogP contribution >= 0.6 is 11.6 Å². The van der Waals surface area contributed by atoms with Gasteiger partial charge in [-0.1, -0.05) is 0 Å². The quantitative estimate of drug-likeness (QED) is 0.569. The van der Waals surface area contributed by atoms with Crippen LogP contribution in [0.2, 0.25) is 5.28 Å². The third kappa shape index (κ3) is 2.76. The molecule has 0 bridgehead atoms. The summed E-state index contributed by atoms with van der Waals surface area (Å²) < 4.78 is 13.2. The van der Waals surface area contributed by atoms with Crippen molar-refractivity contribution in [2.24, 2.45) is 0 Å². The average molecular weight is 226 g/mol. The van der Waals surface area contributed by atoms with Crippen LogP contribution in [0.25, 0.3) is 0 Å². The van der Waals surface area contributed by atoms with Crippen molar-refractivity contribution in [3.05, 3.63) is 17.3 Å². The lowest BCUT2D eigenvalue weighted by Gasteiger charge is -2.16. The Balaban J connectivity index is 3.06. The van der Waals surface area contributed by atoms with Crippen LogP contribution < -0.4 is 4.90 Å². The molecule has 0 aliphatic heterocycles. The van der Waals surface area contributed by atoms with E-state index in [9.17, 15) is 4.39 Å². The molecule has 0 spiro atoms. The van der Waals surface area contributed by atoms with Crippen molar-refractivity contribution in [1.29, 1.82) is 10.5 Å². The summed E-state index contributed by atoms with van der Waals surface area (Å²) in [6.07, 6.45) is 0.895. The van der Waals surface area contributed by atoms with Crippen LogP contribution in [0.15, 0.2) is 6.20 Å². The van der Waals surface area contributed by atoms with E-state index in [0.29, 0.717) is 0 Å². The van der Waals surface area contributed by atoms with Crippen molar-refractivity contribution in [3.63, 3.8) is 0 Å². The number of nitriles is 2. The van der Waals surface area contributed by atoms with Crippen LogP contribution in [0, 0.1) is 28.5 Å². The zero-order chi connectivity index (χ0) is 11.3. The first-order valence-electron chi connectivity index (χ1n) is 3.86. The number of hydrogen-bond donors (Lipinski definition) is 0. The summed E-state index contributed by atoms with van der Waals surface area (Å²) in [7, 11) is 0. The molecule has 0 N–H and O–H groups in total. The monoisotopic (exact) mass is 225 g/mol. The molecular weight excluding hydrogens is 221 g/mol. The predicted octanol–water partition coefficient (Wildman–Crippen LogP) is 1.12. The maximum absolute atomic E-state index is 13.2. The molecule has 15 heavy (non-hydrogen) atoms. The van der Waals surface area contributed by atoms with E-state index >= 15 is 0 Å². The number of hydrogen-bond acceptors (Lipinski definition) is 5. The molecule has 0 aromatic carbocycles. The van der Waals surface area contributed by atoms with E-state index in [1.807, 2.05) is 0 Å². The molecule has 5 nitrogen and oxygen atoms in total. The van der Waals surface area contributed by atoms with Gasteiger partial charge in [-0.15, -0.1) is 0 Å². The summed E-state index contributed by atoms with van der Waals surface area (Å²) in [6, 6.07) is 3.60. The van der Waals surface area contributed by atoms with Crippen LogP contribution in [-0.4, -0.2) is 23.1 Å². The molecule has 0 amide bonds. The Morgan fingerprint density at radius 2 is 2.00 bits per heavy atom. The average Bonchev–Trinajstić information content (AvgIpc) is 2.21. The number of nitrogens with zero attached hydrogens (tertiary/aromatic N) is 5. The molecular formula is C8H5ClFN5. The highest BCUT2D eigenvalue weighted by atomic mass is 35.5. The van der Waals surface area contributed by atoms with Crippen LogP contribution in [-0.2, 0) is 0 Å². The van der Waals surface area contributed by atoms with Crippen LogP contribution in [0.1, 0.15) is 0 Å². The Kier molecular flexibility index (Phi) is 3.78. The highest BCUT2D eigenvalue weighted by Crippen LogP contribution is 2.16. The summed E-state index contributed by atoms with van der Waals surface area (Å²) >= 11 is 5.48. The van der Waals surface area contributed by atoms with Gasteiger partial charge < -0.3 is 4.90 Å². The van der Waals surface area contributed by atoms with Crippen LogP contribution in [0.4, 0.5) is 10.2 Å². The van der Waals surface area contributed by atoms with Gasteiger partial charge in [0.25, 0.3) is 0 Å². The number of halogens is 2. The second kappa shape index (κ2) is 5.08. The first-order chi connectivity index (χ1) is 7.19. The van der Waals surface area contributed by atoms with E-state index in [4.69, 9.17) is 22.1 Å². The highest BCUT2D eigenvalue weighted by Gasteiger charge is 2.13. The van der Waals surface area contributed by atoms with Gasteiger partial charge in [0, 0.05) is 0 Å². The molecule has 0 saturated carbocycles. The smallest absolute Gasteiger partial charge is 0.224 e. The van der Waals surface area contributed by atoms with Gasteiger partial charge in [-0.05, 0) is 11.6 Å². The molecule has 1 rings (SSSR count). The van der Waals surface area contributed by atoms with Crippen molar-refractivity contribution >= 4 is 17.4 Å². The third-order valence-corrected chi connectivity index (χ3v) is 1.70. The Morgan fingerprint density at radius 1 is 1.40 bits per heavy atom. The second-order valence-corrected chi connectivity index (χ2v) is 2.82. The Morgan fingerprint density at radius 3 is 2.53 bits per heavy atom. The van der Waals surface area contributed by atoms with E-state index in [1.165, 1.54) is 4.90 Å². The van der Waals surface area contributed by atoms with Crippen molar-refractivity contribution < 1.29 is 4.39 Å². The Hall–Kier alpha value is -1.92. The van der Waals surface area contributed by atoms with E-state index in [1.54, 1.807) is 12.1 Å². The third-order valence-electron chi connectivity index (χ3n) is 1.52. The Labute approximate surface area is 90.3 Å². The topological polar surface area (TPSA) is 76.6 Å². The summed E-state index contributed by atoms with van der Waals surface area (Å²) in [5.41, 5.74) is 0. The minimum atomic E-state index is -0.718. The van der Waals surface area contributed by atoms with Crippen molar-refractivity contribution in [3.8, 4) is 12.1 Å². The SMILES string of the molecule is N#CCN(CC#N)c1nc(Cl)ncc1F. The molecule has 76 valence electrons. The summed E-state index contributed by atoms with van der Waals surface area (Å²) in [6.45, 7) is -0.282. The largest absolute Gasteiger partial charge is 0.327 e. The van der Waals surface area contributed by atoms with E-state index in [2.05, 4.69) is 9.97 Å². The maximum Gasteiger partial charge on any atom is 0.224 e. The molecule has 7 heteroatoms. The standard InChI is InChI=1S/C8H5ClFN5/c9-8-13-5-6(10)7(14-8)15(3-1-11)4-2-12/h5H,3-4H2.